The van der Waals surface area contributed by atoms with E-state index >= 15 is 0 Å². The molecule has 0 spiro atoms. The molecule has 2 rings (SSSR count). The van der Waals surface area contributed by atoms with Crippen molar-refractivity contribution in [3.05, 3.63) is 18.2 Å². The molecule has 1 heterocycles. The number of aliphatic hydroxyl groups excluding tert-OH is 1. The van der Waals surface area contributed by atoms with Gasteiger partial charge in [-0.15, -0.1) is 0 Å². The van der Waals surface area contributed by atoms with E-state index in [-0.39, 0.29) is 6.10 Å². The second-order valence-electron chi connectivity index (χ2n) is 5.11. The van der Waals surface area contributed by atoms with E-state index in [9.17, 15) is 5.11 Å². The minimum Gasteiger partial charge on any atom is -0.386 e. The van der Waals surface area contributed by atoms with Crippen LogP contribution in [-0.4, -0.2) is 14.7 Å². The van der Waals surface area contributed by atoms with Crippen LogP contribution < -0.4 is 0 Å². The zero-order valence-corrected chi connectivity index (χ0v) is 10.3. The van der Waals surface area contributed by atoms with E-state index in [0.717, 1.165) is 24.5 Å². The van der Waals surface area contributed by atoms with Crippen molar-refractivity contribution in [2.24, 2.45) is 18.9 Å². The van der Waals surface area contributed by atoms with Crippen LogP contribution in [0.4, 0.5) is 0 Å². The Morgan fingerprint density at radius 3 is 3.00 bits per heavy atom. The summed E-state index contributed by atoms with van der Waals surface area (Å²) in [7, 11) is 1.94. The van der Waals surface area contributed by atoms with Gasteiger partial charge in [0, 0.05) is 13.2 Å². The average Bonchev–Trinajstić information content (AvgIpc) is 2.75. The zero-order valence-electron chi connectivity index (χ0n) is 10.3. The molecule has 1 saturated carbocycles. The summed E-state index contributed by atoms with van der Waals surface area (Å²) in [4.78, 5) is 4.25. The van der Waals surface area contributed by atoms with Gasteiger partial charge >= 0.3 is 0 Å². The van der Waals surface area contributed by atoms with Gasteiger partial charge in [0.2, 0.25) is 0 Å². The summed E-state index contributed by atoms with van der Waals surface area (Å²) in [5.41, 5.74) is 0.837. The minimum atomic E-state index is -0.365. The third-order valence-corrected chi connectivity index (χ3v) is 3.88. The highest BCUT2D eigenvalue weighted by atomic mass is 16.3. The topological polar surface area (TPSA) is 38.0 Å². The van der Waals surface area contributed by atoms with Gasteiger partial charge < -0.3 is 9.67 Å². The molecule has 0 aromatic carbocycles. The van der Waals surface area contributed by atoms with Crippen molar-refractivity contribution < 1.29 is 5.11 Å². The Hall–Kier alpha value is -0.830. The van der Waals surface area contributed by atoms with Crippen LogP contribution in [0.5, 0.6) is 0 Å². The van der Waals surface area contributed by atoms with Gasteiger partial charge in [0.05, 0.1) is 12.0 Å². The molecular formula is C13H22N2O. The van der Waals surface area contributed by atoms with Gasteiger partial charge in [0.25, 0.3) is 0 Å². The second kappa shape index (κ2) is 5.00. The fourth-order valence-electron chi connectivity index (χ4n) is 2.82. The normalized spacial score (nSPS) is 27.9. The fourth-order valence-corrected chi connectivity index (χ4v) is 2.82. The molecule has 16 heavy (non-hydrogen) atoms. The molecule has 3 nitrogen and oxygen atoms in total. The molecular weight excluding hydrogens is 200 g/mol. The monoisotopic (exact) mass is 222 g/mol. The largest absolute Gasteiger partial charge is 0.386 e. The van der Waals surface area contributed by atoms with Crippen LogP contribution >= 0.6 is 0 Å². The smallest absolute Gasteiger partial charge is 0.100 e. The number of aryl methyl sites for hydroxylation is 1. The van der Waals surface area contributed by atoms with Gasteiger partial charge in [-0.05, 0) is 24.7 Å². The van der Waals surface area contributed by atoms with Crippen LogP contribution in [0.1, 0.15) is 50.8 Å². The number of aromatic nitrogens is 2. The van der Waals surface area contributed by atoms with Gasteiger partial charge in [-0.25, -0.2) is 4.98 Å². The number of aliphatic hydroxyl groups is 1. The molecule has 3 unspecified atom stereocenters. The van der Waals surface area contributed by atoms with Crippen molar-refractivity contribution in [1.82, 2.24) is 9.55 Å². The van der Waals surface area contributed by atoms with Crippen molar-refractivity contribution in [1.29, 1.82) is 0 Å². The lowest BCUT2D eigenvalue weighted by atomic mass is 9.77. The van der Waals surface area contributed by atoms with Crippen molar-refractivity contribution in [3.63, 3.8) is 0 Å². The van der Waals surface area contributed by atoms with Gasteiger partial charge in [-0.3, -0.25) is 0 Å². The Bertz CT molecular complexity index is 334. The van der Waals surface area contributed by atoms with E-state index in [1.54, 1.807) is 6.33 Å². The van der Waals surface area contributed by atoms with E-state index < -0.39 is 0 Å². The second-order valence-corrected chi connectivity index (χ2v) is 5.11. The summed E-state index contributed by atoms with van der Waals surface area (Å²) >= 11 is 0. The van der Waals surface area contributed by atoms with E-state index in [1.165, 1.54) is 19.3 Å². The quantitative estimate of drug-likeness (QED) is 0.853. The summed E-state index contributed by atoms with van der Waals surface area (Å²) in [5.74, 6) is 1.21. The van der Waals surface area contributed by atoms with E-state index in [0.29, 0.717) is 5.92 Å². The van der Waals surface area contributed by atoms with Crippen LogP contribution in [0.2, 0.25) is 0 Å². The lowest BCUT2D eigenvalue weighted by molar-refractivity contribution is 0.0648. The predicted molar refractivity (Wildman–Crippen MR) is 63.9 cm³/mol. The standard InChI is InChI=1S/C13H22N2O/c1-3-10-5-4-6-11(7-10)13(16)12-8-15(2)9-14-12/h8-11,13,16H,3-7H2,1-2H3. The first-order valence-corrected chi connectivity index (χ1v) is 6.36. The first-order chi connectivity index (χ1) is 7.70. The molecule has 0 bridgehead atoms. The lowest BCUT2D eigenvalue weighted by Crippen LogP contribution is -2.21. The van der Waals surface area contributed by atoms with Crippen LogP contribution in [0.15, 0.2) is 12.5 Å². The Labute approximate surface area is 97.5 Å². The first kappa shape index (κ1) is 11.6. The molecule has 0 radical (unpaired) electrons. The van der Waals surface area contributed by atoms with Crippen LogP contribution in [-0.2, 0) is 7.05 Å². The zero-order chi connectivity index (χ0) is 11.5. The number of imidazole rings is 1. The predicted octanol–water partition coefficient (Wildman–Crippen LogP) is 2.67. The highest BCUT2D eigenvalue weighted by Crippen LogP contribution is 2.37. The third-order valence-electron chi connectivity index (χ3n) is 3.88. The van der Waals surface area contributed by atoms with Crippen LogP contribution in [0, 0.1) is 11.8 Å². The summed E-state index contributed by atoms with van der Waals surface area (Å²) in [6, 6.07) is 0. The van der Waals surface area contributed by atoms with Gasteiger partial charge in [0.1, 0.15) is 6.10 Å². The Kier molecular flexibility index (Phi) is 3.64. The van der Waals surface area contributed by atoms with E-state index in [4.69, 9.17) is 0 Å². The summed E-state index contributed by atoms with van der Waals surface area (Å²) in [6.07, 6.45) is 9.47. The Morgan fingerprint density at radius 1 is 1.56 bits per heavy atom. The van der Waals surface area contributed by atoms with E-state index in [1.807, 2.05) is 17.8 Å². The first-order valence-electron chi connectivity index (χ1n) is 6.36. The molecule has 1 aliphatic rings. The van der Waals surface area contributed by atoms with Gasteiger partial charge in [-0.2, -0.15) is 0 Å². The molecule has 0 aliphatic heterocycles. The molecule has 1 aromatic rings. The summed E-state index contributed by atoms with van der Waals surface area (Å²) in [6.45, 7) is 2.25. The summed E-state index contributed by atoms with van der Waals surface area (Å²) in [5, 5.41) is 10.3. The maximum absolute atomic E-state index is 10.3. The van der Waals surface area contributed by atoms with Crippen LogP contribution in [0.3, 0.4) is 0 Å². The fraction of sp³-hybridized carbons (Fsp3) is 0.769. The molecule has 1 N–H and O–H groups in total. The third kappa shape index (κ3) is 2.46. The molecule has 3 heteroatoms. The maximum atomic E-state index is 10.3. The molecule has 1 aliphatic carbocycles. The molecule has 90 valence electrons. The number of hydrogen-bond acceptors (Lipinski definition) is 2. The number of hydrogen-bond donors (Lipinski definition) is 1. The molecule has 0 amide bonds. The summed E-state index contributed by atoms with van der Waals surface area (Å²) < 4.78 is 1.90. The Balaban J connectivity index is 2.01. The van der Waals surface area contributed by atoms with Crippen LogP contribution in [0.25, 0.3) is 0 Å². The maximum Gasteiger partial charge on any atom is 0.100 e. The van der Waals surface area contributed by atoms with E-state index in [2.05, 4.69) is 11.9 Å². The number of nitrogens with zero attached hydrogens (tertiary/aromatic N) is 2. The number of rotatable bonds is 3. The molecule has 1 fully saturated rings. The van der Waals surface area contributed by atoms with Crippen molar-refractivity contribution in [2.75, 3.05) is 0 Å². The minimum absolute atomic E-state index is 0.365. The lowest BCUT2D eigenvalue weighted by Gasteiger charge is -2.31. The van der Waals surface area contributed by atoms with Gasteiger partial charge in [0.15, 0.2) is 0 Å². The van der Waals surface area contributed by atoms with Crippen molar-refractivity contribution in [3.8, 4) is 0 Å². The van der Waals surface area contributed by atoms with Crippen molar-refractivity contribution >= 4 is 0 Å². The highest BCUT2D eigenvalue weighted by Gasteiger charge is 2.28. The molecule has 0 saturated heterocycles. The molecule has 3 atom stereocenters. The highest BCUT2D eigenvalue weighted by molar-refractivity contribution is 5.03. The SMILES string of the molecule is CCC1CCCC(C(O)c2cn(C)cn2)C1. The van der Waals surface area contributed by atoms with Gasteiger partial charge in [-0.1, -0.05) is 26.2 Å². The van der Waals surface area contributed by atoms with Crippen molar-refractivity contribution in [2.45, 2.75) is 45.1 Å². The molecule has 1 aromatic heterocycles. The average molecular weight is 222 g/mol. The Morgan fingerprint density at radius 2 is 2.38 bits per heavy atom.